The average molecular weight is 1010 g/mol. The van der Waals surface area contributed by atoms with Crippen molar-refractivity contribution in [1.82, 2.24) is 62.5 Å². The molecule has 0 spiro atoms. The highest BCUT2D eigenvalue weighted by Crippen LogP contribution is 2.18. The van der Waals surface area contributed by atoms with E-state index in [0.717, 1.165) is 0 Å². The molecule has 4 aromatic heterocycles. The number of nitrogens with zero attached hydrogens (tertiary/aromatic N) is 4. The maximum absolute atomic E-state index is 13.7. The zero-order chi connectivity index (χ0) is 54.3. The molecule has 20 heteroatoms. The van der Waals surface area contributed by atoms with Gasteiger partial charge in [-0.15, -0.1) is 0 Å². The lowest BCUT2D eigenvalue weighted by molar-refractivity contribution is -0.136. The topological polar surface area (TPSA) is 284 Å². The lowest BCUT2D eigenvalue weighted by atomic mass is 9.97. The number of hydrogen-bond donors (Lipinski definition) is 8. The van der Waals surface area contributed by atoms with E-state index in [4.69, 9.17) is 0 Å². The number of rotatable bonds is 24. The van der Waals surface area contributed by atoms with Gasteiger partial charge in [0.1, 0.15) is 34.2 Å². The van der Waals surface area contributed by atoms with Crippen LogP contribution < -0.4 is 42.5 Å². The zero-order valence-corrected chi connectivity index (χ0v) is 44.0. The van der Waals surface area contributed by atoms with E-state index in [9.17, 15) is 38.4 Å². The van der Waals surface area contributed by atoms with Crippen LogP contribution in [-0.4, -0.2) is 115 Å². The molecule has 0 aromatic carbocycles. The number of aromatic nitrogens is 4. The number of hydrogen-bond acceptors (Lipinski definition) is 12. The minimum atomic E-state index is -1.45. The first-order valence-corrected chi connectivity index (χ1v) is 24.3. The van der Waals surface area contributed by atoms with Crippen LogP contribution in [0.3, 0.4) is 0 Å². The Morgan fingerprint density at radius 3 is 1.08 bits per heavy atom. The molecule has 0 aliphatic heterocycles. The summed E-state index contributed by atoms with van der Waals surface area (Å²) in [4.78, 5) is 125. The molecule has 0 saturated heterocycles. The van der Waals surface area contributed by atoms with E-state index in [1.165, 1.54) is 67.8 Å². The van der Waals surface area contributed by atoms with Crippen LogP contribution in [0.5, 0.6) is 0 Å². The Hall–Kier alpha value is -7.64. The van der Waals surface area contributed by atoms with Gasteiger partial charge in [0, 0.05) is 37.9 Å². The van der Waals surface area contributed by atoms with E-state index < -0.39 is 81.5 Å². The van der Waals surface area contributed by atoms with Crippen molar-refractivity contribution >= 4 is 47.3 Å². The van der Waals surface area contributed by atoms with Gasteiger partial charge in [-0.25, -0.2) is 0 Å². The molecule has 392 valence electrons. The predicted octanol–water partition coefficient (Wildman–Crippen LogP) is 3.79. The Balaban J connectivity index is 1.24. The van der Waals surface area contributed by atoms with Crippen LogP contribution in [-0.2, 0) is 28.8 Å². The van der Waals surface area contributed by atoms with Crippen LogP contribution in [0.4, 0.5) is 0 Å². The monoisotopic (exact) mass is 1000 g/mol. The van der Waals surface area contributed by atoms with Crippen LogP contribution >= 0.6 is 0 Å². The summed E-state index contributed by atoms with van der Waals surface area (Å²) in [6, 6.07) is 15.2. The molecule has 4 rings (SSSR count). The second-order valence-corrected chi connectivity index (χ2v) is 20.9. The summed E-state index contributed by atoms with van der Waals surface area (Å²) in [6.07, 6.45) is 6.83. The van der Waals surface area contributed by atoms with E-state index in [1.807, 2.05) is 39.8 Å². The number of nitrogens with one attached hydrogen (secondary N) is 8. The maximum Gasteiger partial charge on any atom is 0.253 e. The third-order valence-corrected chi connectivity index (χ3v) is 11.5. The first-order valence-electron chi connectivity index (χ1n) is 24.3. The summed E-state index contributed by atoms with van der Waals surface area (Å²) in [5, 5.41) is 21.9. The van der Waals surface area contributed by atoms with Crippen LogP contribution in [0.25, 0.3) is 22.8 Å². The lowest BCUT2D eigenvalue weighted by Gasteiger charge is -2.31. The molecule has 4 heterocycles. The molecule has 0 radical (unpaired) electrons. The molecule has 0 aliphatic carbocycles. The SMILES string of the molecule is CC(C)C[C@H](NC(=O)C(C)(C)NC(=O)c1ccc(-c2ccccn2)nc1)C(=O)NC(C)(C)C(=O)NCCCNC(=O)C(C)(C)NC(=O)[C@H](CC(C)C)NC(=O)C(C)(C)NC(=O)c1ccc(-c2ccccn2)nc1. The van der Waals surface area contributed by atoms with Crippen molar-refractivity contribution in [2.45, 2.75) is 137 Å². The highest BCUT2D eigenvalue weighted by molar-refractivity contribution is 6.02. The second-order valence-electron chi connectivity index (χ2n) is 20.9. The maximum atomic E-state index is 13.7. The number of amides is 8. The molecule has 8 N–H and O–H groups in total. The van der Waals surface area contributed by atoms with Gasteiger partial charge in [-0.05, 0) is 135 Å². The van der Waals surface area contributed by atoms with Crippen LogP contribution in [0, 0.1) is 11.8 Å². The fourth-order valence-electron chi connectivity index (χ4n) is 7.13. The van der Waals surface area contributed by atoms with Gasteiger partial charge < -0.3 is 42.5 Å². The van der Waals surface area contributed by atoms with Gasteiger partial charge in [-0.2, -0.15) is 0 Å². The summed E-state index contributed by atoms with van der Waals surface area (Å²) in [6.45, 7) is 19.9. The van der Waals surface area contributed by atoms with Crippen LogP contribution in [0.15, 0.2) is 85.5 Å². The third kappa shape index (κ3) is 17.3. The molecule has 73 heavy (non-hydrogen) atoms. The van der Waals surface area contributed by atoms with E-state index in [1.54, 1.807) is 60.9 Å². The molecule has 0 bridgehead atoms. The van der Waals surface area contributed by atoms with Gasteiger partial charge in [-0.1, -0.05) is 39.8 Å². The lowest BCUT2D eigenvalue weighted by Crippen LogP contribution is -2.62. The van der Waals surface area contributed by atoms with Gasteiger partial charge in [0.15, 0.2) is 0 Å². The first-order chi connectivity index (χ1) is 34.1. The quantitative estimate of drug-likeness (QED) is 0.0466. The summed E-state index contributed by atoms with van der Waals surface area (Å²) >= 11 is 0. The largest absolute Gasteiger partial charge is 0.354 e. The molecule has 4 aromatic rings. The fourth-order valence-corrected chi connectivity index (χ4v) is 7.13. The smallest absolute Gasteiger partial charge is 0.253 e. The normalized spacial score (nSPS) is 12.7. The van der Waals surface area contributed by atoms with Gasteiger partial charge >= 0.3 is 0 Å². The Morgan fingerprint density at radius 1 is 0.438 bits per heavy atom. The molecule has 8 amide bonds. The van der Waals surface area contributed by atoms with E-state index >= 15 is 0 Å². The van der Waals surface area contributed by atoms with Crippen molar-refractivity contribution in [3.8, 4) is 22.8 Å². The highest BCUT2D eigenvalue weighted by atomic mass is 16.2. The summed E-state index contributed by atoms with van der Waals surface area (Å²) in [5.41, 5.74) is -2.86. The number of pyridine rings is 4. The Kier molecular flexibility index (Phi) is 20.0. The Morgan fingerprint density at radius 2 is 0.781 bits per heavy atom. The molecule has 0 unspecified atom stereocenters. The fraction of sp³-hybridized carbons (Fsp3) is 0.472. The van der Waals surface area contributed by atoms with E-state index in [2.05, 4.69) is 62.5 Å². The van der Waals surface area contributed by atoms with Gasteiger partial charge in [0.05, 0.1) is 33.9 Å². The van der Waals surface area contributed by atoms with E-state index in [0.29, 0.717) is 29.2 Å². The van der Waals surface area contributed by atoms with Crippen molar-refractivity contribution in [2.75, 3.05) is 13.1 Å². The van der Waals surface area contributed by atoms with Crippen LogP contribution in [0.2, 0.25) is 0 Å². The highest BCUT2D eigenvalue weighted by Gasteiger charge is 2.38. The zero-order valence-electron chi connectivity index (χ0n) is 44.0. The second kappa shape index (κ2) is 25.1. The molecular weight excluding hydrogens is 933 g/mol. The number of carbonyl (C=O) groups excluding carboxylic acids is 8. The van der Waals surface area contributed by atoms with Crippen molar-refractivity contribution in [2.24, 2.45) is 11.8 Å². The van der Waals surface area contributed by atoms with Crippen LogP contribution in [0.1, 0.15) is 123 Å². The first kappa shape index (κ1) is 57.9. The molecular formula is C53H72N12O8. The molecule has 0 aliphatic rings. The summed E-state index contributed by atoms with van der Waals surface area (Å²) in [5.74, 6) is -4.62. The Labute approximate surface area is 427 Å². The average Bonchev–Trinajstić information content (AvgIpc) is 3.33. The minimum Gasteiger partial charge on any atom is -0.354 e. The van der Waals surface area contributed by atoms with Crippen molar-refractivity contribution < 1.29 is 38.4 Å². The number of carbonyl (C=O) groups is 8. The molecule has 20 nitrogen and oxygen atoms in total. The van der Waals surface area contributed by atoms with Crippen molar-refractivity contribution in [3.05, 3.63) is 96.6 Å². The van der Waals surface area contributed by atoms with Gasteiger partial charge in [0.2, 0.25) is 35.4 Å². The molecule has 0 saturated carbocycles. The molecule has 0 fully saturated rings. The van der Waals surface area contributed by atoms with Gasteiger partial charge in [-0.3, -0.25) is 58.3 Å². The Bertz CT molecular complexity index is 2390. The predicted molar refractivity (Wildman–Crippen MR) is 276 cm³/mol. The standard InChI is InChI=1S/C53H72N12O8/c1-32(2)28-40(60-48(72)52(9,10)62-42(66)34-20-22-38(58-30-34)36-18-13-15-24-54-36)44(68)64-50(5,6)46(70)56-26-17-27-57-47(71)51(7,8)65-45(69)41(29-33(3)4)61-49(73)53(11,12)63-43(67)35-21-23-39(59-31-35)37-19-14-16-25-55-37/h13-16,18-25,30-33,40-41H,17,26-29H2,1-12H3,(H,56,70)(H,57,71)(H,60,72)(H,61,73)(H,62,66)(H,63,67)(H,64,68)(H,65,69)/t40-,41-/m0/s1. The minimum absolute atomic E-state index is 0.0313. The molecule has 2 atom stereocenters. The summed E-state index contributed by atoms with van der Waals surface area (Å²) < 4.78 is 0. The van der Waals surface area contributed by atoms with Crippen molar-refractivity contribution in [1.29, 1.82) is 0 Å². The third-order valence-electron chi connectivity index (χ3n) is 11.5. The van der Waals surface area contributed by atoms with Gasteiger partial charge in [0.25, 0.3) is 11.8 Å². The van der Waals surface area contributed by atoms with Crippen molar-refractivity contribution in [3.63, 3.8) is 0 Å². The van der Waals surface area contributed by atoms with E-state index in [-0.39, 0.29) is 48.9 Å². The summed E-state index contributed by atoms with van der Waals surface area (Å²) in [7, 11) is 0.